The summed E-state index contributed by atoms with van der Waals surface area (Å²) in [5, 5.41) is 0. The fourth-order valence-corrected chi connectivity index (χ4v) is 3.34. The highest BCUT2D eigenvalue weighted by atomic mass is 79.9. The van der Waals surface area contributed by atoms with Gasteiger partial charge in [-0.25, -0.2) is 9.18 Å². The van der Waals surface area contributed by atoms with Gasteiger partial charge in [0.05, 0.1) is 10.9 Å². The minimum absolute atomic E-state index is 0.396. The second-order valence-corrected chi connectivity index (χ2v) is 8.75. The highest BCUT2D eigenvalue weighted by Gasteiger charge is 2.51. The maximum absolute atomic E-state index is 13.9. The molecule has 1 saturated heterocycles. The van der Waals surface area contributed by atoms with Crippen LogP contribution in [0.25, 0.3) is 0 Å². The lowest BCUT2D eigenvalue weighted by atomic mass is 10.0. The third kappa shape index (κ3) is 4.43. The molecule has 1 aromatic carbocycles. The van der Waals surface area contributed by atoms with Crippen molar-refractivity contribution in [2.45, 2.75) is 62.9 Å². The van der Waals surface area contributed by atoms with Gasteiger partial charge >= 0.3 is 6.09 Å². The zero-order chi connectivity index (χ0) is 19.7. The van der Waals surface area contributed by atoms with Crippen LogP contribution in [-0.2, 0) is 14.3 Å². The van der Waals surface area contributed by atoms with E-state index in [0.717, 1.165) is 17.4 Å². The SMILES string of the molecule is CC(C)(C)OC(=O)N1C(CF)C(c2ccc(C(Br)C=O)cc2)OC1(C)C. The predicted molar refractivity (Wildman–Crippen MR) is 99.9 cm³/mol. The number of halogens is 2. The van der Waals surface area contributed by atoms with Crippen molar-refractivity contribution in [2.75, 3.05) is 6.67 Å². The lowest BCUT2D eigenvalue weighted by Crippen LogP contribution is -2.50. The molecule has 3 atom stereocenters. The highest BCUT2D eigenvalue weighted by molar-refractivity contribution is 9.09. The number of ether oxygens (including phenoxy) is 2. The van der Waals surface area contributed by atoms with Crippen molar-refractivity contribution in [1.29, 1.82) is 0 Å². The Morgan fingerprint density at radius 3 is 2.42 bits per heavy atom. The van der Waals surface area contributed by atoms with Crippen LogP contribution in [0.3, 0.4) is 0 Å². The van der Waals surface area contributed by atoms with Gasteiger partial charge in [0.25, 0.3) is 0 Å². The molecule has 0 saturated carbocycles. The van der Waals surface area contributed by atoms with Gasteiger partial charge in [-0.2, -0.15) is 0 Å². The van der Waals surface area contributed by atoms with Gasteiger partial charge in [-0.15, -0.1) is 0 Å². The van der Waals surface area contributed by atoms with E-state index in [-0.39, 0.29) is 0 Å². The maximum Gasteiger partial charge on any atom is 0.413 e. The van der Waals surface area contributed by atoms with E-state index in [1.165, 1.54) is 4.90 Å². The number of rotatable bonds is 4. The Morgan fingerprint density at radius 1 is 1.38 bits per heavy atom. The Kier molecular flexibility index (Phi) is 6.13. The Morgan fingerprint density at radius 2 is 1.96 bits per heavy atom. The van der Waals surface area contributed by atoms with Crippen molar-refractivity contribution in [3.05, 3.63) is 35.4 Å². The molecule has 1 amide bonds. The van der Waals surface area contributed by atoms with Crippen molar-refractivity contribution in [3.63, 3.8) is 0 Å². The number of amides is 1. The second-order valence-electron chi connectivity index (χ2n) is 7.76. The van der Waals surface area contributed by atoms with E-state index in [1.807, 2.05) is 0 Å². The first kappa shape index (κ1) is 20.8. The van der Waals surface area contributed by atoms with E-state index >= 15 is 0 Å². The molecule has 0 bridgehead atoms. The van der Waals surface area contributed by atoms with Crippen LogP contribution in [0.1, 0.15) is 56.7 Å². The number of hydrogen-bond acceptors (Lipinski definition) is 4. The molecule has 7 heteroatoms. The summed E-state index contributed by atoms with van der Waals surface area (Å²) in [6.45, 7) is 7.96. The van der Waals surface area contributed by atoms with Gasteiger partial charge < -0.3 is 14.3 Å². The smallest absolute Gasteiger partial charge is 0.413 e. The molecule has 144 valence electrons. The van der Waals surface area contributed by atoms with Crippen molar-refractivity contribution in [1.82, 2.24) is 4.90 Å². The zero-order valence-electron chi connectivity index (χ0n) is 15.7. The van der Waals surface area contributed by atoms with Crippen LogP contribution >= 0.6 is 15.9 Å². The topological polar surface area (TPSA) is 55.8 Å². The van der Waals surface area contributed by atoms with E-state index in [9.17, 15) is 14.0 Å². The largest absolute Gasteiger partial charge is 0.444 e. The fraction of sp³-hybridized carbons (Fsp3) is 0.579. The summed E-state index contributed by atoms with van der Waals surface area (Å²) in [7, 11) is 0. The average Bonchev–Trinajstić information content (AvgIpc) is 2.83. The molecule has 1 aromatic rings. The van der Waals surface area contributed by atoms with Crippen LogP contribution in [0.15, 0.2) is 24.3 Å². The van der Waals surface area contributed by atoms with E-state index in [1.54, 1.807) is 58.9 Å². The van der Waals surface area contributed by atoms with Crippen LogP contribution in [-0.4, -0.2) is 41.3 Å². The third-order valence-electron chi connectivity index (χ3n) is 4.13. The molecule has 0 aliphatic carbocycles. The Labute approximate surface area is 162 Å². The van der Waals surface area contributed by atoms with E-state index in [4.69, 9.17) is 9.47 Å². The summed E-state index contributed by atoms with van der Waals surface area (Å²) < 4.78 is 25.4. The summed E-state index contributed by atoms with van der Waals surface area (Å²) in [6.07, 6.45) is -0.439. The van der Waals surface area contributed by atoms with Crippen LogP contribution in [0.4, 0.5) is 9.18 Å². The Hall–Kier alpha value is -1.47. The van der Waals surface area contributed by atoms with Crippen molar-refractivity contribution in [2.24, 2.45) is 0 Å². The molecule has 2 rings (SSSR count). The first-order chi connectivity index (χ1) is 12.0. The predicted octanol–water partition coefficient (Wildman–Crippen LogP) is 4.70. The molecule has 3 unspecified atom stereocenters. The second kappa shape index (κ2) is 7.64. The highest BCUT2D eigenvalue weighted by Crippen LogP contribution is 2.42. The minimum atomic E-state index is -1.01. The van der Waals surface area contributed by atoms with Crippen molar-refractivity contribution in [3.8, 4) is 0 Å². The molecule has 0 spiro atoms. The first-order valence-corrected chi connectivity index (χ1v) is 9.37. The zero-order valence-corrected chi connectivity index (χ0v) is 17.2. The van der Waals surface area contributed by atoms with E-state index in [2.05, 4.69) is 15.9 Å². The molecule has 1 fully saturated rings. The van der Waals surface area contributed by atoms with E-state index < -0.39 is 41.1 Å². The molecule has 0 aromatic heterocycles. The lowest BCUT2D eigenvalue weighted by Gasteiger charge is -2.34. The Bertz CT molecular complexity index is 656. The molecule has 26 heavy (non-hydrogen) atoms. The number of alkyl halides is 2. The number of carbonyl (C=O) groups is 2. The molecule has 1 aliphatic rings. The summed E-state index contributed by atoms with van der Waals surface area (Å²) in [6, 6.07) is 6.34. The number of aldehydes is 1. The van der Waals surface area contributed by atoms with Gasteiger partial charge in [0.15, 0.2) is 0 Å². The number of hydrogen-bond donors (Lipinski definition) is 0. The molecular formula is C19H25BrFNO4. The fourth-order valence-electron chi connectivity index (χ4n) is 3.04. The lowest BCUT2D eigenvalue weighted by molar-refractivity contribution is -0.107. The van der Waals surface area contributed by atoms with Gasteiger partial charge in [0, 0.05) is 0 Å². The quantitative estimate of drug-likeness (QED) is 0.513. The van der Waals surface area contributed by atoms with E-state index in [0.29, 0.717) is 0 Å². The van der Waals surface area contributed by atoms with Gasteiger partial charge in [0.1, 0.15) is 30.4 Å². The van der Waals surface area contributed by atoms with Crippen LogP contribution in [0.5, 0.6) is 0 Å². The van der Waals surface area contributed by atoms with Crippen LogP contribution in [0.2, 0.25) is 0 Å². The van der Waals surface area contributed by atoms with Crippen molar-refractivity contribution >= 4 is 28.3 Å². The summed E-state index contributed by atoms with van der Waals surface area (Å²) in [5.41, 5.74) is -0.167. The molecule has 0 radical (unpaired) electrons. The molecule has 5 nitrogen and oxygen atoms in total. The Balaban J connectivity index is 2.30. The molecule has 1 heterocycles. The normalized spacial score (nSPS) is 23.6. The minimum Gasteiger partial charge on any atom is -0.444 e. The molecule has 0 N–H and O–H groups in total. The third-order valence-corrected chi connectivity index (χ3v) is 4.87. The summed E-state index contributed by atoms with van der Waals surface area (Å²) in [5.74, 6) is 0. The van der Waals surface area contributed by atoms with Gasteiger partial charge in [-0.1, -0.05) is 40.2 Å². The van der Waals surface area contributed by atoms with Crippen LogP contribution in [0, 0.1) is 0 Å². The average molecular weight is 430 g/mol. The van der Waals surface area contributed by atoms with Crippen LogP contribution < -0.4 is 0 Å². The molecule has 1 aliphatic heterocycles. The number of nitrogens with zero attached hydrogens (tertiary/aromatic N) is 1. The monoisotopic (exact) mass is 429 g/mol. The first-order valence-electron chi connectivity index (χ1n) is 8.45. The number of benzene rings is 1. The summed E-state index contributed by atoms with van der Waals surface area (Å²) in [4.78, 5) is 24.4. The van der Waals surface area contributed by atoms with Gasteiger partial charge in [-0.05, 0) is 45.7 Å². The molecular weight excluding hydrogens is 405 g/mol. The maximum atomic E-state index is 13.9. The summed E-state index contributed by atoms with van der Waals surface area (Å²) >= 11 is 3.26. The standard InChI is InChI=1S/C19H25BrFNO4/c1-18(2,3)26-17(24)22-15(10-21)16(25-19(22,4)5)13-8-6-12(7-9-13)14(20)11-23/h6-9,11,14-16H,10H2,1-5H3. The van der Waals surface area contributed by atoms with Crippen molar-refractivity contribution < 1.29 is 23.5 Å². The van der Waals surface area contributed by atoms with Gasteiger partial charge in [-0.3, -0.25) is 4.90 Å². The number of carbonyl (C=O) groups excluding carboxylic acids is 2. The van der Waals surface area contributed by atoms with Gasteiger partial charge in [0.2, 0.25) is 0 Å².